The molecule has 0 N–H and O–H groups in total. The molecular weight excluding hydrogens is 298 g/mol. The third-order valence-electron chi connectivity index (χ3n) is 8.51. The maximum absolute atomic E-state index is 12.2. The summed E-state index contributed by atoms with van der Waals surface area (Å²) in [6.07, 6.45) is 9.86. The van der Waals surface area contributed by atoms with E-state index < -0.39 is 0 Å². The first-order valence-electron chi connectivity index (χ1n) is 9.76. The van der Waals surface area contributed by atoms with Crippen LogP contribution in [0.2, 0.25) is 0 Å². The van der Waals surface area contributed by atoms with Gasteiger partial charge in [-0.15, -0.1) is 0 Å². The number of likely N-dealkylation sites (tertiary alicyclic amines) is 1. The molecule has 6 atom stereocenters. The van der Waals surface area contributed by atoms with Gasteiger partial charge < -0.3 is 4.90 Å². The number of nitrogens with zero attached hydrogens (tertiary/aromatic N) is 1. The van der Waals surface area contributed by atoms with Crippen molar-refractivity contribution < 1.29 is 9.59 Å². The Labute approximate surface area is 145 Å². The smallest absolute Gasteiger partial charge is 0.226 e. The molecule has 0 aromatic rings. The predicted molar refractivity (Wildman–Crippen MR) is 94.0 cm³/mol. The van der Waals surface area contributed by atoms with E-state index >= 15 is 0 Å². The van der Waals surface area contributed by atoms with Gasteiger partial charge in [0.2, 0.25) is 5.91 Å². The molecule has 4 aliphatic rings. The second-order valence-corrected chi connectivity index (χ2v) is 9.36. The summed E-state index contributed by atoms with van der Waals surface area (Å²) >= 11 is 0. The van der Waals surface area contributed by atoms with Crippen LogP contribution in [0.4, 0.5) is 0 Å². The Morgan fingerprint density at radius 1 is 1.17 bits per heavy atom. The van der Waals surface area contributed by atoms with E-state index in [4.69, 9.17) is 0 Å². The van der Waals surface area contributed by atoms with Crippen LogP contribution in [-0.2, 0) is 9.59 Å². The Bertz CT molecular complexity index is 623. The van der Waals surface area contributed by atoms with Crippen molar-refractivity contribution >= 4 is 11.7 Å². The van der Waals surface area contributed by atoms with Crippen molar-refractivity contribution in [3.63, 3.8) is 0 Å². The molecule has 1 heterocycles. The van der Waals surface area contributed by atoms with E-state index in [9.17, 15) is 9.59 Å². The number of ketones is 1. The lowest BCUT2D eigenvalue weighted by atomic mass is 9.49. The van der Waals surface area contributed by atoms with E-state index in [0.717, 1.165) is 19.3 Å². The van der Waals surface area contributed by atoms with Crippen molar-refractivity contribution in [2.75, 3.05) is 7.05 Å². The average Bonchev–Trinajstić information content (AvgIpc) is 2.89. The standard InChI is InChI=1S/C21H31NO2/c1-13(23)15-6-7-16-14-5-8-18-21(3,12-10-19(24)22(18)4)17(14)9-11-20(15,16)2/h8,14-17H,5-7,9-12H2,1-4H3/t14?,15-,16?,17?,20-,21-/m1/s1. The third kappa shape index (κ3) is 1.96. The maximum Gasteiger partial charge on any atom is 0.226 e. The van der Waals surface area contributed by atoms with Crippen LogP contribution in [0.3, 0.4) is 0 Å². The number of fused-ring (bicyclic) bond motifs is 5. The van der Waals surface area contributed by atoms with Gasteiger partial charge in [0.05, 0.1) is 0 Å². The van der Waals surface area contributed by atoms with Gasteiger partial charge in [0, 0.05) is 30.5 Å². The highest BCUT2D eigenvalue weighted by Gasteiger charge is 2.60. The topological polar surface area (TPSA) is 37.4 Å². The largest absolute Gasteiger partial charge is 0.319 e. The summed E-state index contributed by atoms with van der Waals surface area (Å²) in [5, 5.41) is 0. The monoisotopic (exact) mass is 329 g/mol. The van der Waals surface area contributed by atoms with Crippen LogP contribution in [-0.4, -0.2) is 23.6 Å². The van der Waals surface area contributed by atoms with Gasteiger partial charge >= 0.3 is 0 Å². The molecule has 3 unspecified atom stereocenters. The second kappa shape index (κ2) is 5.19. The fourth-order valence-corrected chi connectivity index (χ4v) is 7.25. The lowest BCUT2D eigenvalue weighted by molar-refractivity contribution is -0.137. The molecule has 3 nitrogen and oxygen atoms in total. The zero-order chi connectivity index (χ0) is 17.3. The normalized spacial score (nSPS) is 47.6. The van der Waals surface area contributed by atoms with E-state index in [1.165, 1.54) is 25.0 Å². The number of hydrogen-bond acceptors (Lipinski definition) is 2. The first kappa shape index (κ1) is 16.4. The second-order valence-electron chi connectivity index (χ2n) is 9.36. The Balaban J connectivity index is 1.69. The van der Waals surface area contributed by atoms with Crippen LogP contribution in [0.15, 0.2) is 11.8 Å². The van der Waals surface area contributed by atoms with Gasteiger partial charge in [0.25, 0.3) is 0 Å². The molecule has 3 heteroatoms. The van der Waals surface area contributed by atoms with Gasteiger partial charge in [-0.05, 0) is 68.6 Å². The molecule has 0 aromatic heterocycles. The highest BCUT2D eigenvalue weighted by molar-refractivity contribution is 5.80. The number of carbonyl (C=O) groups is 2. The van der Waals surface area contributed by atoms with Gasteiger partial charge in [-0.2, -0.15) is 0 Å². The molecule has 0 radical (unpaired) electrons. The van der Waals surface area contributed by atoms with E-state index in [2.05, 4.69) is 19.9 Å². The number of carbonyl (C=O) groups excluding carboxylic acids is 2. The van der Waals surface area contributed by atoms with E-state index in [1.807, 2.05) is 11.9 Å². The molecular formula is C21H31NO2. The highest BCUT2D eigenvalue weighted by Crippen LogP contribution is 2.65. The summed E-state index contributed by atoms with van der Waals surface area (Å²) in [4.78, 5) is 26.3. The number of piperidine rings is 1. The molecule has 1 amide bonds. The summed E-state index contributed by atoms with van der Waals surface area (Å²) in [6.45, 7) is 6.59. The molecule has 1 aliphatic heterocycles. The molecule has 0 aromatic carbocycles. The van der Waals surface area contributed by atoms with Gasteiger partial charge in [-0.25, -0.2) is 0 Å². The van der Waals surface area contributed by atoms with Crippen LogP contribution in [0.25, 0.3) is 0 Å². The Hall–Kier alpha value is -1.12. The molecule has 3 aliphatic carbocycles. The molecule has 1 saturated heterocycles. The van der Waals surface area contributed by atoms with Crippen molar-refractivity contribution in [3.05, 3.63) is 11.8 Å². The van der Waals surface area contributed by atoms with Crippen molar-refractivity contribution in [1.82, 2.24) is 4.90 Å². The summed E-state index contributed by atoms with van der Waals surface area (Å²) in [7, 11) is 1.96. The SMILES string of the molecule is CC(=O)[C@H]1CCC2C3CC=C4N(C)C(=O)CC[C@]4(C)C3CC[C@@]21C. The van der Waals surface area contributed by atoms with Crippen molar-refractivity contribution in [2.24, 2.45) is 34.5 Å². The first-order valence-corrected chi connectivity index (χ1v) is 9.76. The Kier molecular flexibility index (Phi) is 3.54. The number of rotatable bonds is 1. The minimum absolute atomic E-state index is 0.154. The minimum atomic E-state index is 0.154. The molecule has 0 spiro atoms. The van der Waals surface area contributed by atoms with Gasteiger partial charge in [-0.1, -0.05) is 19.9 Å². The number of hydrogen-bond donors (Lipinski definition) is 0. The molecule has 0 bridgehead atoms. The van der Waals surface area contributed by atoms with Crippen molar-refractivity contribution in [2.45, 2.75) is 65.7 Å². The third-order valence-corrected chi connectivity index (χ3v) is 8.51. The lowest BCUT2D eigenvalue weighted by Gasteiger charge is -2.58. The minimum Gasteiger partial charge on any atom is -0.319 e. The van der Waals surface area contributed by atoms with Gasteiger partial charge in [-0.3, -0.25) is 9.59 Å². The van der Waals surface area contributed by atoms with Gasteiger partial charge in [0.1, 0.15) is 5.78 Å². The van der Waals surface area contributed by atoms with Gasteiger partial charge in [0.15, 0.2) is 0 Å². The fourth-order valence-electron chi connectivity index (χ4n) is 7.25. The molecule has 24 heavy (non-hydrogen) atoms. The summed E-state index contributed by atoms with van der Waals surface area (Å²) < 4.78 is 0. The quantitative estimate of drug-likeness (QED) is 0.724. The van der Waals surface area contributed by atoms with Crippen LogP contribution in [0.1, 0.15) is 65.7 Å². The zero-order valence-electron chi connectivity index (χ0n) is 15.6. The van der Waals surface area contributed by atoms with Crippen molar-refractivity contribution in [1.29, 1.82) is 0 Å². The fraction of sp³-hybridized carbons (Fsp3) is 0.810. The molecule has 2 saturated carbocycles. The summed E-state index contributed by atoms with van der Waals surface area (Å²) in [5.41, 5.74) is 1.65. The van der Waals surface area contributed by atoms with Crippen LogP contribution >= 0.6 is 0 Å². The molecule has 4 rings (SSSR count). The van der Waals surface area contributed by atoms with E-state index in [1.54, 1.807) is 6.92 Å². The predicted octanol–water partition coefficient (Wildman–Crippen LogP) is 4.18. The Morgan fingerprint density at radius 3 is 2.62 bits per heavy atom. The number of allylic oxidation sites excluding steroid dienone is 2. The molecule has 3 fully saturated rings. The average molecular weight is 329 g/mol. The lowest BCUT2D eigenvalue weighted by Crippen LogP contribution is -2.53. The van der Waals surface area contributed by atoms with Crippen LogP contribution < -0.4 is 0 Å². The Morgan fingerprint density at radius 2 is 1.92 bits per heavy atom. The number of amides is 1. The zero-order valence-corrected chi connectivity index (χ0v) is 15.6. The van der Waals surface area contributed by atoms with E-state index in [0.29, 0.717) is 30.0 Å². The van der Waals surface area contributed by atoms with E-state index in [-0.39, 0.29) is 22.7 Å². The van der Waals surface area contributed by atoms with Crippen LogP contribution in [0, 0.1) is 34.5 Å². The highest BCUT2D eigenvalue weighted by atomic mass is 16.2. The number of Topliss-reactive ketones (excluding diaryl/α,β-unsaturated/α-hetero) is 1. The summed E-state index contributed by atoms with van der Waals surface area (Å²) in [6, 6.07) is 0. The van der Waals surface area contributed by atoms with Crippen LogP contribution in [0.5, 0.6) is 0 Å². The first-order chi connectivity index (χ1) is 11.3. The summed E-state index contributed by atoms with van der Waals surface area (Å²) in [5.74, 6) is 3.01. The molecule has 132 valence electrons. The van der Waals surface area contributed by atoms with Crippen molar-refractivity contribution in [3.8, 4) is 0 Å². The maximum atomic E-state index is 12.2.